The van der Waals surface area contributed by atoms with Crippen LogP contribution in [-0.4, -0.2) is 40.5 Å². The van der Waals surface area contributed by atoms with Gasteiger partial charge in [-0.2, -0.15) is 0 Å². The number of likely N-dealkylation sites (tertiary alicyclic amines) is 1. The van der Waals surface area contributed by atoms with Crippen molar-refractivity contribution >= 4 is 17.4 Å². The van der Waals surface area contributed by atoms with Crippen molar-refractivity contribution in [3.63, 3.8) is 0 Å². The number of phenolic OH excluding ortho intramolecular Hbond substituents is 1. The van der Waals surface area contributed by atoms with Crippen LogP contribution in [0.3, 0.4) is 0 Å². The maximum absolute atomic E-state index is 12.9. The molecular weight excluding hydrogens is 382 g/mol. The number of unbranched alkanes of at least 4 members (excludes halogenated alkanes) is 1. The van der Waals surface area contributed by atoms with Crippen LogP contribution in [-0.2, 0) is 16.0 Å². The molecule has 2 aromatic carbocycles. The van der Waals surface area contributed by atoms with Crippen molar-refractivity contribution in [2.24, 2.45) is 0 Å². The zero-order chi connectivity index (χ0) is 21.8. The second kappa shape index (κ2) is 9.03. The highest BCUT2D eigenvalue weighted by Gasteiger charge is 2.45. The summed E-state index contributed by atoms with van der Waals surface area (Å²) in [5, 5.41) is 21.3. The quantitative estimate of drug-likeness (QED) is 0.407. The molecule has 0 spiro atoms. The van der Waals surface area contributed by atoms with E-state index in [1.807, 2.05) is 26.0 Å². The summed E-state index contributed by atoms with van der Waals surface area (Å²) in [6, 6.07) is 11.2. The highest BCUT2D eigenvalue weighted by atomic mass is 16.5. The number of hydrogen-bond donors (Lipinski definition) is 2. The molecule has 1 aliphatic heterocycles. The van der Waals surface area contributed by atoms with Crippen molar-refractivity contribution in [1.82, 2.24) is 4.90 Å². The van der Waals surface area contributed by atoms with Gasteiger partial charge in [-0.15, -0.1) is 0 Å². The summed E-state index contributed by atoms with van der Waals surface area (Å²) >= 11 is 0. The lowest BCUT2D eigenvalue weighted by Gasteiger charge is -2.25. The predicted molar refractivity (Wildman–Crippen MR) is 114 cm³/mol. The number of ketones is 1. The Bertz CT molecular complexity index is 978. The van der Waals surface area contributed by atoms with Crippen LogP contribution in [0.4, 0.5) is 0 Å². The van der Waals surface area contributed by atoms with E-state index in [2.05, 4.69) is 0 Å². The van der Waals surface area contributed by atoms with E-state index in [1.54, 1.807) is 24.3 Å². The molecule has 3 rings (SSSR count). The Morgan fingerprint density at radius 2 is 1.80 bits per heavy atom. The average molecular weight is 409 g/mol. The molecule has 0 saturated carbocycles. The summed E-state index contributed by atoms with van der Waals surface area (Å²) in [7, 11) is 1.45. The molecule has 1 heterocycles. The number of hydrogen-bond acceptors (Lipinski definition) is 5. The van der Waals surface area contributed by atoms with E-state index >= 15 is 0 Å². The lowest BCUT2D eigenvalue weighted by molar-refractivity contribution is -0.139. The molecule has 1 aliphatic rings. The number of carbonyl (C=O) groups is 2. The second-order valence-electron chi connectivity index (χ2n) is 7.33. The molecule has 1 saturated heterocycles. The lowest BCUT2D eigenvalue weighted by atomic mass is 9.94. The number of rotatable bonds is 7. The van der Waals surface area contributed by atoms with Gasteiger partial charge in [-0.25, -0.2) is 0 Å². The van der Waals surface area contributed by atoms with Crippen LogP contribution in [0.15, 0.2) is 48.0 Å². The van der Waals surface area contributed by atoms with E-state index in [9.17, 15) is 19.8 Å². The van der Waals surface area contributed by atoms with Crippen LogP contribution < -0.4 is 4.74 Å². The van der Waals surface area contributed by atoms with E-state index in [-0.39, 0.29) is 17.1 Å². The van der Waals surface area contributed by atoms with Gasteiger partial charge in [-0.05, 0) is 36.1 Å². The molecule has 0 radical (unpaired) electrons. The normalized spacial score (nSPS) is 18.1. The van der Waals surface area contributed by atoms with Gasteiger partial charge >= 0.3 is 0 Å². The number of Topliss-reactive ketones (excluding diaryl/α,β-unsaturated/α-hetero) is 1. The van der Waals surface area contributed by atoms with Gasteiger partial charge in [0, 0.05) is 12.1 Å². The molecule has 30 heavy (non-hydrogen) atoms. The van der Waals surface area contributed by atoms with Crippen LogP contribution in [0, 0.1) is 0 Å². The highest BCUT2D eigenvalue weighted by Crippen LogP contribution is 2.41. The molecule has 6 nitrogen and oxygen atoms in total. The number of ether oxygens (including phenoxy) is 1. The summed E-state index contributed by atoms with van der Waals surface area (Å²) < 4.78 is 5.10. The molecule has 1 fully saturated rings. The van der Waals surface area contributed by atoms with Crippen molar-refractivity contribution in [3.05, 3.63) is 64.7 Å². The molecule has 2 N–H and O–H groups in total. The van der Waals surface area contributed by atoms with E-state index in [4.69, 9.17) is 4.74 Å². The summed E-state index contributed by atoms with van der Waals surface area (Å²) in [5.41, 5.74) is 2.15. The average Bonchev–Trinajstić information content (AvgIpc) is 3.01. The van der Waals surface area contributed by atoms with Crippen molar-refractivity contribution in [1.29, 1.82) is 0 Å². The standard InChI is InChI=1S/C24H27NO5/c1-4-6-13-25-21(17-11-12-19(30-3)18(26)14-17)20(23(28)24(25)29)22(27)16-9-7-15(5-2)8-10-16/h7-12,14,21,26-27H,4-6,13H2,1-3H3/b22-20-. The molecule has 2 aromatic rings. The lowest BCUT2D eigenvalue weighted by Crippen LogP contribution is -2.30. The minimum absolute atomic E-state index is 0.0323. The number of aromatic hydroxyl groups is 1. The van der Waals surface area contributed by atoms with Gasteiger partial charge in [0.1, 0.15) is 5.76 Å². The number of phenols is 1. The zero-order valence-corrected chi connectivity index (χ0v) is 17.5. The minimum Gasteiger partial charge on any atom is -0.507 e. The number of benzene rings is 2. The molecule has 1 amide bonds. The zero-order valence-electron chi connectivity index (χ0n) is 17.5. The predicted octanol–water partition coefficient (Wildman–Crippen LogP) is 4.19. The summed E-state index contributed by atoms with van der Waals surface area (Å²) in [4.78, 5) is 27.2. The van der Waals surface area contributed by atoms with Gasteiger partial charge in [0.2, 0.25) is 0 Å². The molecule has 0 aliphatic carbocycles. The highest BCUT2D eigenvalue weighted by molar-refractivity contribution is 6.46. The first kappa shape index (κ1) is 21.4. The van der Waals surface area contributed by atoms with Gasteiger partial charge in [0.05, 0.1) is 18.7 Å². The molecule has 0 bridgehead atoms. The van der Waals surface area contributed by atoms with Crippen molar-refractivity contribution in [2.75, 3.05) is 13.7 Å². The first-order valence-corrected chi connectivity index (χ1v) is 10.2. The molecular formula is C24H27NO5. The first-order valence-electron chi connectivity index (χ1n) is 10.2. The first-order chi connectivity index (χ1) is 14.4. The fourth-order valence-corrected chi connectivity index (χ4v) is 3.72. The number of amides is 1. The monoisotopic (exact) mass is 409 g/mol. The Balaban J connectivity index is 2.15. The number of carbonyl (C=O) groups excluding carboxylic acids is 2. The van der Waals surface area contributed by atoms with Crippen molar-refractivity contribution < 1.29 is 24.5 Å². The van der Waals surface area contributed by atoms with Gasteiger partial charge in [0.15, 0.2) is 11.5 Å². The largest absolute Gasteiger partial charge is 0.507 e. The molecule has 6 heteroatoms. The summed E-state index contributed by atoms with van der Waals surface area (Å²) in [5.74, 6) is -1.38. The number of aryl methyl sites for hydroxylation is 1. The van der Waals surface area contributed by atoms with E-state index < -0.39 is 17.7 Å². The topological polar surface area (TPSA) is 87.1 Å². The van der Waals surface area contributed by atoms with Crippen LogP contribution in [0.2, 0.25) is 0 Å². The fourth-order valence-electron chi connectivity index (χ4n) is 3.72. The Hall–Kier alpha value is -3.28. The Morgan fingerprint density at radius 1 is 1.10 bits per heavy atom. The third-order valence-electron chi connectivity index (χ3n) is 5.45. The van der Waals surface area contributed by atoms with Gasteiger partial charge < -0.3 is 19.8 Å². The molecule has 158 valence electrons. The Kier molecular flexibility index (Phi) is 6.45. The third kappa shape index (κ3) is 3.90. The Morgan fingerprint density at radius 3 is 2.37 bits per heavy atom. The third-order valence-corrected chi connectivity index (χ3v) is 5.45. The molecule has 1 unspecified atom stereocenters. The van der Waals surface area contributed by atoms with Crippen LogP contribution in [0.1, 0.15) is 49.4 Å². The number of aliphatic hydroxyl groups is 1. The van der Waals surface area contributed by atoms with Gasteiger partial charge in [-0.1, -0.05) is 50.6 Å². The maximum atomic E-state index is 12.9. The van der Waals surface area contributed by atoms with Crippen molar-refractivity contribution in [3.8, 4) is 11.5 Å². The second-order valence-corrected chi connectivity index (χ2v) is 7.33. The molecule has 0 aromatic heterocycles. The molecule has 1 atom stereocenters. The number of methoxy groups -OCH3 is 1. The van der Waals surface area contributed by atoms with Crippen LogP contribution >= 0.6 is 0 Å². The number of nitrogens with zero attached hydrogens (tertiary/aromatic N) is 1. The SMILES string of the molecule is CCCCN1C(=O)C(=O)/C(=C(\O)c2ccc(CC)cc2)C1c1ccc(OC)c(O)c1. The smallest absolute Gasteiger partial charge is 0.295 e. The maximum Gasteiger partial charge on any atom is 0.295 e. The van der Waals surface area contributed by atoms with Crippen molar-refractivity contribution in [2.45, 2.75) is 39.2 Å². The minimum atomic E-state index is -0.779. The van der Waals surface area contributed by atoms with E-state index in [0.717, 1.165) is 24.8 Å². The van der Waals surface area contributed by atoms with Gasteiger partial charge in [-0.3, -0.25) is 9.59 Å². The summed E-state index contributed by atoms with van der Waals surface area (Å²) in [6.45, 7) is 4.41. The summed E-state index contributed by atoms with van der Waals surface area (Å²) in [6.07, 6.45) is 2.42. The fraction of sp³-hybridized carbons (Fsp3) is 0.333. The van der Waals surface area contributed by atoms with Crippen LogP contribution in [0.25, 0.3) is 5.76 Å². The van der Waals surface area contributed by atoms with E-state index in [1.165, 1.54) is 18.1 Å². The Labute approximate surface area is 176 Å². The van der Waals surface area contributed by atoms with E-state index in [0.29, 0.717) is 23.4 Å². The number of aliphatic hydroxyl groups excluding tert-OH is 1. The van der Waals surface area contributed by atoms with Crippen LogP contribution in [0.5, 0.6) is 11.5 Å². The van der Waals surface area contributed by atoms with Gasteiger partial charge in [0.25, 0.3) is 11.7 Å².